The number of methoxy groups -OCH3 is 1. The molecule has 0 atom stereocenters. The maximum Gasteiger partial charge on any atom is 0.191 e. The molecule has 0 unspecified atom stereocenters. The first kappa shape index (κ1) is 22.0. The Labute approximate surface area is 179 Å². The molecule has 1 saturated heterocycles. The summed E-state index contributed by atoms with van der Waals surface area (Å²) in [6.07, 6.45) is 1.95. The third-order valence-electron chi connectivity index (χ3n) is 5.64. The van der Waals surface area contributed by atoms with Crippen molar-refractivity contribution in [1.29, 1.82) is 0 Å². The summed E-state index contributed by atoms with van der Waals surface area (Å²) in [7, 11) is 3.48. The van der Waals surface area contributed by atoms with Gasteiger partial charge in [0.25, 0.3) is 0 Å². The first-order valence-corrected chi connectivity index (χ1v) is 10.6. The van der Waals surface area contributed by atoms with E-state index in [4.69, 9.17) is 14.2 Å². The second-order valence-corrected chi connectivity index (χ2v) is 7.48. The van der Waals surface area contributed by atoms with Gasteiger partial charge in [-0.3, -0.25) is 4.99 Å². The molecule has 0 bridgehead atoms. The molecule has 1 aliphatic heterocycles. The summed E-state index contributed by atoms with van der Waals surface area (Å²) in [5, 5.41) is 6.94. The molecule has 1 fully saturated rings. The fourth-order valence-electron chi connectivity index (χ4n) is 3.84. The Morgan fingerprint density at radius 1 is 1.07 bits per heavy atom. The monoisotopic (exact) mass is 411 g/mol. The number of ether oxygens (including phenoxy) is 3. The predicted molar refractivity (Wildman–Crippen MR) is 121 cm³/mol. The summed E-state index contributed by atoms with van der Waals surface area (Å²) in [5.74, 6) is 2.55. The Kier molecular flexibility index (Phi) is 7.97. The topological polar surface area (TPSA) is 64.1 Å². The van der Waals surface area contributed by atoms with E-state index in [1.54, 1.807) is 14.2 Å². The van der Waals surface area contributed by atoms with Crippen LogP contribution >= 0.6 is 0 Å². The lowest BCUT2D eigenvalue weighted by Crippen LogP contribution is -2.47. The minimum absolute atomic E-state index is 0.0105. The van der Waals surface area contributed by atoms with Crippen molar-refractivity contribution >= 4 is 5.96 Å². The van der Waals surface area contributed by atoms with Crippen molar-refractivity contribution in [1.82, 2.24) is 10.6 Å². The van der Waals surface area contributed by atoms with Crippen molar-refractivity contribution in [3.05, 3.63) is 59.7 Å². The van der Waals surface area contributed by atoms with Gasteiger partial charge in [0.2, 0.25) is 0 Å². The van der Waals surface area contributed by atoms with Crippen LogP contribution in [0, 0.1) is 0 Å². The Hall–Kier alpha value is -2.73. The van der Waals surface area contributed by atoms with E-state index in [9.17, 15) is 0 Å². The van der Waals surface area contributed by atoms with Gasteiger partial charge in [0.05, 0.1) is 13.7 Å². The molecule has 3 rings (SSSR count). The predicted octanol–water partition coefficient (Wildman–Crippen LogP) is 3.51. The molecule has 2 aromatic rings. The summed E-state index contributed by atoms with van der Waals surface area (Å²) < 4.78 is 16.6. The second kappa shape index (κ2) is 10.9. The zero-order valence-corrected chi connectivity index (χ0v) is 18.2. The van der Waals surface area contributed by atoms with Crippen LogP contribution in [0.15, 0.2) is 53.5 Å². The number of nitrogens with zero attached hydrogens (tertiary/aromatic N) is 1. The smallest absolute Gasteiger partial charge is 0.191 e. The largest absolute Gasteiger partial charge is 0.497 e. The van der Waals surface area contributed by atoms with Gasteiger partial charge in [0.15, 0.2) is 5.96 Å². The third-order valence-corrected chi connectivity index (χ3v) is 5.64. The van der Waals surface area contributed by atoms with Crippen molar-refractivity contribution in [2.45, 2.75) is 31.7 Å². The van der Waals surface area contributed by atoms with E-state index in [-0.39, 0.29) is 5.41 Å². The highest BCUT2D eigenvalue weighted by Crippen LogP contribution is 2.35. The molecular weight excluding hydrogens is 378 g/mol. The fraction of sp³-hybridized carbons (Fsp3) is 0.458. The van der Waals surface area contributed by atoms with Crippen LogP contribution in [0.2, 0.25) is 0 Å². The number of benzene rings is 2. The highest BCUT2D eigenvalue weighted by atomic mass is 16.5. The highest BCUT2D eigenvalue weighted by molar-refractivity contribution is 5.79. The number of rotatable bonds is 8. The van der Waals surface area contributed by atoms with Crippen LogP contribution in [0.25, 0.3) is 0 Å². The lowest BCUT2D eigenvalue weighted by molar-refractivity contribution is 0.0513. The van der Waals surface area contributed by atoms with Gasteiger partial charge >= 0.3 is 0 Å². The average molecular weight is 412 g/mol. The van der Waals surface area contributed by atoms with Gasteiger partial charge in [0, 0.05) is 38.8 Å². The Bertz CT molecular complexity index is 815. The van der Waals surface area contributed by atoms with Crippen LogP contribution in [0.1, 0.15) is 30.9 Å². The molecule has 0 aliphatic carbocycles. The minimum atomic E-state index is 0.0105. The van der Waals surface area contributed by atoms with Gasteiger partial charge in [-0.1, -0.05) is 24.3 Å². The lowest BCUT2D eigenvalue weighted by Gasteiger charge is -2.38. The first-order chi connectivity index (χ1) is 14.7. The van der Waals surface area contributed by atoms with Crippen LogP contribution < -0.4 is 20.1 Å². The number of hydrogen-bond donors (Lipinski definition) is 2. The van der Waals surface area contributed by atoms with Crippen LogP contribution in [-0.2, 0) is 16.7 Å². The van der Waals surface area contributed by atoms with Gasteiger partial charge in [-0.2, -0.15) is 0 Å². The highest BCUT2D eigenvalue weighted by Gasteiger charge is 2.34. The summed E-state index contributed by atoms with van der Waals surface area (Å²) in [4.78, 5) is 4.41. The van der Waals surface area contributed by atoms with Crippen LogP contribution in [-0.4, -0.2) is 46.5 Å². The maximum atomic E-state index is 5.66. The van der Waals surface area contributed by atoms with E-state index >= 15 is 0 Å². The quantitative estimate of drug-likeness (QED) is 0.514. The van der Waals surface area contributed by atoms with Crippen molar-refractivity contribution < 1.29 is 14.2 Å². The number of hydrogen-bond acceptors (Lipinski definition) is 4. The van der Waals surface area contributed by atoms with E-state index in [0.29, 0.717) is 13.2 Å². The summed E-state index contributed by atoms with van der Waals surface area (Å²) in [6, 6.07) is 16.5. The van der Waals surface area contributed by atoms with E-state index in [1.165, 1.54) is 5.56 Å². The van der Waals surface area contributed by atoms with Gasteiger partial charge in [-0.15, -0.1) is 0 Å². The minimum Gasteiger partial charge on any atom is -0.497 e. The standard InChI is InChI=1S/C24H33N3O3/c1-4-30-21-10-8-20(9-11-21)24(12-14-29-15-13-24)18-27-23(25-2)26-17-19-6-5-7-22(16-19)28-3/h5-11,16H,4,12-15,17-18H2,1-3H3,(H2,25,26,27). The molecule has 0 amide bonds. The Morgan fingerprint density at radius 3 is 2.50 bits per heavy atom. The molecular formula is C24H33N3O3. The Balaban J connectivity index is 1.65. The fourth-order valence-corrected chi connectivity index (χ4v) is 3.84. The van der Waals surface area contributed by atoms with Crippen LogP contribution in [0.3, 0.4) is 0 Å². The molecule has 0 spiro atoms. The molecule has 6 heteroatoms. The average Bonchev–Trinajstić information content (AvgIpc) is 2.80. The maximum absolute atomic E-state index is 5.66. The molecule has 1 aliphatic rings. The number of guanidine groups is 1. The van der Waals surface area contributed by atoms with Crippen LogP contribution in [0.5, 0.6) is 11.5 Å². The SMILES string of the molecule is CCOc1ccc(C2(CNC(=NC)NCc3cccc(OC)c3)CCOCC2)cc1. The molecule has 162 valence electrons. The summed E-state index contributed by atoms with van der Waals surface area (Å²) in [5.41, 5.74) is 2.46. The summed E-state index contributed by atoms with van der Waals surface area (Å²) >= 11 is 0. The van der Waals surface area contributed by atoms with Crippen molar-refractivity contribution in [2.24, 2.45) is 4.99 Å². The number of nitrogens with one attached hydrogen (secondary N) is 2. The molecule has 6 nitrogen and oxygen atoms in total. The first-order valence-electron chi connectivity index (χ1n) is 10.6. The Morgan fingerprint density at radius 2 is 1.83 bits per heavy atom. The van der Waals surface area contributed by atoms with Crippen molar-refractivity contribution in [3.8, 4) is 11.5 Å². The molecule has 1 heterocycles. The normalized spacial score (nSPS) is 16.0. The number of aliphatic imine (C=N–C) groups is 1. The van der Waals surface area contributed by atoms with Gasteiger partial charge in [0.1, 0.15) is 11.5 Å². The summed E-state index contributed by atoms with van der Waals surface area (Å²) in [6.45, 7) is 5.69. The third kappa shape index (κ3) is 5.66. The van der Waals surface area contributed by atoms with Gasteiger partial charge < -0.3 is 24.8 Å². The van der Waals surface area contributed by atoms with Crippen molar-refractivity contribution in [2.75, 3.05) is 40.5 Å². The van der Waals surface area contributed by atoms with Gasteiger partial charge in [-0.25, -0.2) is 0 Å². The molecule has 2 aromatic carbocycles. The van der Waals surface area contributed by atoms with Crippen LogP contribution in [0.4, 0.5) is 0 Å². The van der Waals surface area contributed by atoms with Gasteiger partial charge in [-0.05, 0) is 55.2 Å². The zero-order chi connectivity index (χ0) is 21.2. The molecule has 2 N–H and O–H groups in total. The zero-order valence-electron chi connectivity index (χ0n) is 18.2. The molecule has 0 radical (unpaired) electrons. The van der Waals surface area contributed by atoms with E-state index in [0.717, 1.165) is 55.6 Å². The molecule has 30 heavy (non-hydrogen) atoms. The van der Waals surface area contributed by atoms with E-state index in [1.807, 2.05) is 25.1 Å². The molecule has 0 saturated carbocycles. The molecule has 0 aromatic heterocycles. The van der Waals surface area contributed by atoms with E-state index < -0.39 is 0 Å². The van der Waals surface area contributed by atoms with E-state index in [2.05, 4.69) is 46.0 Å². The van der Waals surface area contributed by atoms with Crippen molar-refractivity contribution in [3.63, 3.8) is 0 Å². The second-order valence-electron chi connectivity index (χ2n) is 7.48. The lowest BCUT2D eigenvalue weighted by atomic mass is 9.74.